The Morgan fingerprint density at radius 3 is 2.91 bits per heavy atom. The van der Waals surface area contributed by atoms with Crippen LogP contribution in [0.15, 0.2) is 60.0 Å². The van der Waals surface area contributed by atoms with Gasteiger partial charge < -0.3 is 5.32 Å². The summed E-state index contributed by atoms with van der Waals surface area (Å²) in [6.45, 7) is 0. The van der Waals surface area contributed by atoms with E-state index in [2.05, 4.69) is 23.5 Å². The summed E-state index contributed by atoms with van der Waals surface area (Å²) >= 11 is 0. The minimum Gasteiger partial charge on any atom is -0.361 e. The Bertz CT molecular complexity index is 301. The molecule has 1 heterocycles. The normalized spacial score (nSPS) is 19.6. The van der Waals surface area contributed by atoms with Gasteiger partial charge in [-0.25, -0.2) is 0 Å². The molecule has 1 aliphatic carbocycles. The van der Waals surface area contributed by atoms with E-state index >= 15 is 0 Å². The van der Waals surface area contributed by atoms with Crippen LogP contribution in [0.3, 0.4) is 0 Å². The first-order valence-electron chi connectivity index (χ1n) is 3.65. The van der Waals surface area contributed by atoms with E-state index in [-0.39, 0.29) is 0 Å². The molecule has 0 amide bonds. The Morgan fingerprint density at radius 2 is 1.91 bits per heavy atom. The smallest absolute Gasteiger partial charge is 0.0453 e. The lowest BCUT2D eigenvalue weighted by Crippen LogP contribution is -2.08. The van der Waals surface area contributed by atoms with E-state index in [0.717, 1.165) is 5.70 Å². The molecule has 1 N–H and O–H groups in total. The van der Waals surface area contributed by atoms with Crippen molar-refractivity contribution in [1.29, 1.82) is 0 Å². The van der Waals surface area contributed by atoms with Gasteiger partial charge >= 0.3 is 0 Å². The maximum Gasteiger partial charge on any atom is 0.0453 e. The zero-order valence-electron chi connectivity index (χ0n) is 6.12. The Kier molecular flexibility index (Phi) is 1.48. The molecule has 0 atom stereocenters. The predicted molar refractivity (Wildman–Crippen MR) is 46.7 cm³/mol. The molecule has 0 saturated carbocycles. The second-order valence-electron chi connectivity index (χ2n) is 2.45. The van der Waals surface area contributed by atoms with Gasteiger partial charge in [0, 0.05) is 11.9 Å². The van der Waals surface area contributed by atoms with Crippen LogP contribution in [0, 0.1) is 0 Å². The summed E-state index contributed by atoms with van der Waals surface area (Å²) in [6, 6.07) is 0. The minimum atomic E-state index is 1.16. The number of rotatable bonds is 0. The van der Waals surface area contributed by atoms with E-state index in [9.17, 15) is 0 Å². The van der Waals surface area contributed by atoms with Crippen molar-refractivity contribution in [2.45, 2.75) is 0 Å². The zero-order chi connectivity index (χ0) is 7.52. The first-order valence-corrected chi connectivity index (χ1v) is 3.65. The van der Waals surface area contributed by atoms with E-state index in [1.54, 1.807) is 0 Å². The first kappa shape index (κ1) is 6.23. The van der Waals surface area contributed by atoms with Crippen LogP contribution in [0.2, 0.25) is 0 Å². The molecule has 2 rings (SSSR count). The average molecular weight is 143 g/mol. The molecule has 1 aliphatic heterocycles. The summed E-state index contributed by atoms with van der Waals surface area (Å²) < 4.78 is 0. The number of nitrogens with one attached hydrogen (secondary N) is 1. The molecule has 0 aromatic rings. The van der Waals surface area contributed by atoms with Crippen LogP contribution in [0.1, 0.15) is 0 Å². The van der Waals surface area contributed by atoms with Crippen LogP contribution in [-0.4, -0.2) is 0 Å². The molecule has 0 saturated heterocycles. The van der Waals surface area contributed by atoms with Gasteiger partial charge in [-0.15, -0.1) is 0 Å². The average Bonchev–Trinajstić information content (AvgIpc) is 2.28. The predicted octanol–water partition coefficient (Wildman–Crippen LogP) is 2.04. The maximum absolute atomic E-state index is 3.17. The Morgan fingerprint density at radius 1 is 0.909 bits per heavy atom. The molecule has 54 valence electrons. The lowest BCUT2D eigenvalue weighted by Gasteiger charge is -2.09. The standard InChI is InChI=1S/C10H9N/c1-2-5-9-6-4-8-11-10(9)7-3-1/h1-8,11H. The van der Waals surface area contributed by atoms with Crippen molar-refractivity contribution in [3.63, 3.8) is 0 Å². The van der Waals surface area contributed by atoms with Crippen molar-refractivity contribution < 1.29 is 0 Å². The quantitative estimate of drug-likeness (QED) is 0.547. The van der Waals surface area contributed by atoms with Crippen LogP contribution in [0.4, 0.5) is 0 Å². The Balaban J connectivity index is 2.44. The molecular formula is C10H9N. The van der Waals surface area contributed by atoms with Gasteiger partial charge in [0.15, 0.2) is 0 Å². The number of hydrogen-bond acceptors (Lipinski definition) is 1. The van der Waals surface area contributed by atoms with Crippen LogP contribution in [0.25, 0.3) is 0 Å². The van der Waals surface area contributed by atoms with Crippen molar-refractivity contribution >= 4 is 0 Å². The molecule has 1 heteroatoms. The second kappa shape index (κ2) is 2.62. The molecule has 0 aromatic heterocycles. The summed E-state index contributed by atoms with van der Waals surface area (Å²) in [4.78, 5) is 0. The van der Waals surface area contributed by atoms with Gasteiger partial charge in [-0.2, -0.15) is 0 Å². The maximum atomic E-state index is 3.17. The molecule has 0 fully saturated rings. The minimum absolute atomic E-state index is 1.16. The highest BCUT2D eigenvalue weighted by molar-refractivity contribution is 5.48. The van der Waals surface area contributed by atoms with Gasteiger partial charge in [-0.1, -0.05) is 30.4 Å². The van der Waals surface area contributed by atoms with Crippen molar-refractivity contribution in [3.05, 3.63) is 60.0 Å². The number of dihydropyridines is 1. The van der Waals surface area contributed by atoms with Gasteiger partial charge in [0.05, 0.1) is 0 Å². The molecule has 0 radical (unpaired) electrons. The van der Waals surface area contributed by atoms with E-state index in [0.29, 0.717) is 0 Å². The fourth-order valence-electron chi connectivity index (χ4n) is 1.13. The highest BCUT2D eigenvalue weighted by Gasteiger charge is 2.01. The number of allylic oxidation sites excluding steroid dienone is 7. The summed E-state index contributed by atoms with van der Waals surface area (Å²) in [6.07, 6.45) is 16.3. The Hall–Kier alpha value is -1.50. The summed E-state index contributed by atoms with van der Waals surface area (Å²) in [7, 11) is 0. The largest absolute Gasteiger partial charge is 0.361 e. The first-order chi connectivity index (χ1) is 5.47. The van der Waals surface area contributed by atoms with E-state index in [1.165, 1.54) is 5.57 Å². The fourth-order valence-corrected chi connectivity index (χ4v) is 1.13. The molecule has 0 aromatic carbocycles. The van der Waals surface area contributed by atoms with E-state index in [4.69, 9.17) is 0 Å². The third-order valence-corrected chi connectivity index (χ3v) is 1.68. The third kappa shape index (κ3) is 1.17. The highest BCUT2D eigenvalue weighted by Crippen LogP contribution is 2.14. The molecule has 2 aliphatic rings. The summed E-state index contributed by atoms with van der Waals surface area (Å²) in [5.74, 6) is 0. The molecule has 0 unspecified atom stereocenters. The molecule has 1 nitrogen and oxygen atoms in total. The molecule has 11 heavy (non-hydrogen) atoms. The third-order valence-electron chi connectivity index (χ3n) is 1.68. The number of hydrogen-bond donors (Lipinski definition) is 1. The van der Waals surface area contributed by atoms with Crippen molar-refractivity contribution in [2.24, 2.45) is 0 Å². The molecule has 0 spiro atoms. The second-order valence-corrected chi connectivity index (χ2v) is 2.45. The number of fused-ring (bicyclic) bond motifs is 1. The molecular weight excluding hydrogens is 134 g/mol. The highest BCUT2D eigenvalue weighted by atomic mass is 14.9. The van der Waals surface area contributed by atoms with Crippen molar-refractivity contribution in [3.8, 4) is 0 Å². The van der Waals surface area contributed by atoms with Gasteiger partial charge in [-0.3, -0.25) is 0 Å². The van der Waals surface area contributed by atoms with E-state index in [1.807, 2.05) is 30.5 Å². The van der Waals surface area contributed by atoms with Gasteiger partial charge in [0.25, 0.3) is 0 Å². The van der Waals surface area contributed by atoms with Crippen LogP contribution in [0.5, 0.6) is 0 Å². The van der Waals surface area contributed by atoms with Crippen LogP contribution in [-0.2, 0) is 0 Å². The monoisotopic (exact) mass is 143 g/mol. The van der Waals surface area contributed by atoms with Crippen LogP contribution < -0.4 is 5.32 Å². The fraction of sp³-hybridized carbons (Fsp3) is 0. The van der Waals surface area contributed by atoms with Crippen molar-refractivity contribution in [1.82, 2.24) is 5.32 Å². The van der Waals surface area contributed by atoms with Crippen molar-refractivity contribution in [2.75, 3.05) is 0 Å². The SMILES string of the molecule is C1=CC=C2NC=CC=C2C=C1. The van der Waals surface area contributed by atoms with Crippen LogP contribution >= 0.6 is 0 Å². The Labute approximate surface area is 66.1 Å². The summed E-state index contributed by atoms with van der Waals surface area (Å²) in [5, 5.41) is 3.17. The summed E-state index contributed by atoms with van der Waals surface area (Å²) in [5.41, 5.74) is 2.40. The lowest BCUT2D eigenvalue weighted by atomic mass is 10.1. The zero-order valence-corrected chi connectivity index (χ0v) is 6.12. The van der Waals surface area contributed by atoms with Gasteiger partial charge in [0.2, 0.25) is 0 Å². The molecule has 0 bridgehead atoms. The lowest BCUT2D eigenvalue weighted by molar-refractivity contribution is 1.07. The topological polar surface area (TPSA) is 12.0 Å². The van der Waals surface area contributed by atoms with Gasteiger partial charge in [0.1, 0.15) is 0 Å². The van der Waals surface area contributed by atoms with Gasteiger partial charge in [-0.05, 0) is 17.7 Å². The van der Waals surface area contributed by atoms with E-state index < -0.39 is 0 Å².